The van der Waals surface area contributed by atoms with Crippen molar-refractivity contribution in [2.24, 2.45) is 0 Å². The van der Waals surface area contributed by atoms with E-state index in [1.165, 1.54) is 0 Å². The number of hydrogen-bond donors (Lipinski definition) is 3. The molecule has 0 spiro atoms. The van der Waals surface area contributed by atoms with E-state index < -0.39 is 6.10 Å². The molecule has 2 aromatic carbocycles. The summed E-state index contributed by atoms with van der Waals surface area (Å²) in [6.07, 6.45) is -0.813. The first-order valence-corrected chi connectivity index (χ1v) is 7.78. The third kappa shape index (κ3) is 3.48. The number of nitrogens with one attached hydrogen (secondary N) is 1. The Labute approximate surface area is 140 Å². The Morgan fingerprint density at radius 3 is 2.62 bits per heavy atom. The summed E-state index contributed by atoms with van der Waals surface area (Å²) in [7, 11) is 1.62. The van der Waals surface area contributed by atoms with E-state index in [4.69, 9.17) is 14.8 Å². The van der Waals surface area contributed by atoms with Crippen LogP contribution in [0.2, 0.25) is 0 Å². The number of nitrogens with zero attached hydrogens (tertiary/aromatic N) is 1. The molecule has 0 aliphatic carbocycles. The first-order chi connectivity index (χ1) is 11.7. The standard InChI is InChI=1S/C19H20N2O3/c1-24-15-7-8-16-18(20-11-14(23)12-22)10-17(21-19(16)9-15)13-5-3-2-4-6-13/h2-10,14,22-23H,11-12H2,1H3,(H,20,21)/t14-/m0/s1. The Morgan fingerprint density at radius 2 is 1.92 bits per heavy atom. The van der Waals surface area contributed by atoms with Gasteiger partial charge in [-0.3, -0.25) is 0 Å². The molecule has 124 valence electrons. The molecule has 0 fully saturated rings. The molecule has 1 aromatic heterocycles. The number of aliphatic hydroxyl groups excluding tert-OH is 2. The predicted molar refractivity (Wildman–Crippen MR) is 95.3 cm³/mol. The van der Waals surface area contributed by atoms with E-state index in [0.717, 1.165) is 33.6 Å². The van der Waals surface area contributed by atoms with Gasteiger partial charge >= 0.3 is 0 Å². The Morgan fingerprint density at radius 1 is 1.12 bits per heavy atom. The van der Waals surface area contributed by atoms with Crippen molar-refractivity contribution < 1.29 is 14.9 Å². The number of rotatable bonds is 6. The second-order valence-corrected chi connectivity index (χ2v) is 5.52. The number of methoxy groups -OCH3 is 1. The summed E-state index contributed by atoms with van der Waals surface area (Å²) in [6.45, 7) is -0.0226. The smallest absolute Gasteiger partial charge is 0.121 e. The molecule has 3 aromatic rings. The molecule has 5 heteroatoms. The lowest BCUT2D eigenvalue weighted by Gasteiger charge is -2.14. The van der Waals surface area contributed by atoms with Crippen molar-refractivity contribution in [1.82, 2.24) is 4.98 Å². The molecule has 1 heterocycles. The lowest BCUT2D eigenvalue weighted by molar-refractivity contribution is 0.105. The number of ether oxygens (including phenoxy) is 1. The molecule has 0 aliphatic heterocycles. The van der Waals surface area contributed by atoms with E-state index in [9.17, 15) is 5.11 Å². The van der Waals surface area contributed by atoms with E-state index in [0.29, 0.717) is 0 Å². The first-order valence-electron chi connectivity index (χ1n) is 7.78. The van der Waals surface area contributed by atoms with Crippen molar-refractivity contribution in [3.05, 3.63) is 54.6 Å². The minimum absolute atomic E-state index is 0.260. The van der Waals surface area contributed by atoms with Crippen molar-refractivity contribution in [3.63, 3.8) is 0 Å². The molecule has 5 nitrogen and oxygen atoms in total. The molecule has 0 amide bonds. The van der Waals surface area contributed by atoms with Gasteiger partial charge in [-0.2, -0.15) is 0 Å². The number of fused-ring (bicyclic) bond motifs is 1. The van der Waals surface area contributed by atoms with Crippen LogP contribution in [0, 0.1) is 0 Å². The zero-order valence-electron chi connectivity index (χ0n) is 13.4. The van der Waals surface area contributed by atoms with Gasteiger partial charge in [-0.25, -0.2) is 4.98 Å². The molecule has 0 radical (unpaired) electrons. The average Bonchev–Trinajstić information content (AvgIpc) is 2.65. The molecule has 3 N–H and O–H groups in total. The van der Waals surface area contributed by atoms with Gasteiger partial charge in [-0.1, -0.05) is 30.3 Å². The second kappa shape index (κ2) is 7.29. The molecular formula is C19H20N2O3. The van der Waals surface area contributed by atoms with Crippen molar-refractivity contribution in [2.75, 3.05) is 25.6 Å². The van der Waals surface area contributed by atoms with Crippen molar-refractivity contribution in [1.29, 1.82) is 0 Å². The van der Waals surface area contributed by atoms with E-state index in [1.807, 2.05) is 54.6 Å². The predicted octanol–water partition coefficient (Wildman–Crippen LogP) is 2.68. The Hall–Kier alpha value is -2.63. The molecule has 0 saturated carbocycles. The summed E-state index contributed by atoms with van der Waals surface area (Å²) in [5, 5.41) is 22.7. The highest BCUT2D eigenvalue weighted by Crippen LogP contribution is 2.30. The topological polar surface area (TPSA) is 74.6 Å². The highest BCUT2D eigenvalue weighted by atomic mass is 16.5. The van der Waals surface area contributed by atoms with Gasteiger partial charge in [-0.05, 0) is 18.2 Å². The molecule has 3 rings (SSSR count). The van der Waals surface area contributed by atoms with Crippen LogP contribution in [0.1, 0.15) is 0 Å². The van der Waals surface area contributed by atoms with Gasteiger partial charge in [0.25, 0.3) is 0 Å². The monoisotopic (exact) mass is 324 g/mol. The fourth-order valence-corrected chi connectivity index (χ4v) is 2.53. The SMILES string of the molecule is COc1ccc2c(NC[C@H](O)CO)cc(-c3ccccc3)nc2c1. The van der Waals surface area contributed by atoms with Crippen LogP contribution in [-0.2, 0) is 0 Å². The zero-order chi connectivity index (χ0) is 16.9. The maximum Gasteiger partial charge on any atom is 0.121 e. The van der Waals surface area contributed by atoms with E-state index in [-0.39, 0.29) is 13.2 Å². The van der Waals surface area contributed by atoms with Crippen LogP contribution in [0.15, 0.2) is 54.6 Å². The third-order valence-corrected chi connectivity index (χ3v) is 3.83. The van der Waals surface area contributed by atoms with Gasteiger partial charge in [0.05, 0.1) is 31.0 Å². The summed E-state index contributed by atoms with van der Waals surface area (Å²) in [4.78, 5) is 4.73. The van der Waals surface area contributed by atoms with E-state index >= 15 is 0 Å². The first kappa shape index (κ1) is 16.2. The molecule has 0 saturated heterocycles. The molecular weight excluding hydrogens is 304 g/mol. The van der Waals surface area contributed by atoms with Crippen LogP contribution >= 0.6 is 0 Å². The maximum atomic E-state index is 9.61. The van der Waals surface area contributed by atoms with Crippen LogP contribution in [0.25, 0.3) is 22.2 Å². The van der Waals surface area contributed by atoms with Crippen LogP contribution in [0.4, 0.5) is 5.69 Å². The lowest BCUT2D eigenvalue weighted by atomic mass is 10.1. The molecule has 24 heavy (non-hydrogen) atoms. The van der Waals surface area contributed by atoms with Crippen LogP contribution in [0.5, 0.6) is 5.75 Å². The second-order valence-electron chi connectivity index (χ2n) is 5.52. The number of aliphatic hydroxyl groups is 2. The van der Waals surface area contributed by atoms with Gasteiger partial charge in [0.1, 0.15) is 5.75 Å². The Balaban J connectivity index is 2.09. The zero-order valence-corrected chi connectivity index (χ0v) is 13.4. The minimum atomic E-state index is -0.813. The molecule has 0 unspecified atom stereocenters. The number of benzene rings is 2. The Kier molecular flexibility index (Phi) is 4.93. The molecule has 1 atom stereocenters. The highest BCUT2D eigenvalue weighted by molar-refractivity contribution is 5.94. The summed E-state index contributed by atoms with van der Waals surface area (Å²) >= 11 is 0. The number of aromatic nitrogens is 1. The Bertz CT molecular complexity index is 821. The van der Waals surface area contributed by atoms with Gasteiger partial charge in [0.2, 0.25) is 0 Å². The minimum Gasteiger partial charge on any atom is -0.497 e. The average molecular weight is 324 g/mol. The summed E-state index contributed by atoms with van der Waals surface area (Å²) in [5.74, 6) is 0.738. The number of anilines is 1. The van der Waals surface area contributed by atoms with E-state index in [2.05, 4.69) is 5.32 Å². The van der Waals surface area contributed by atoms with Crippen molar-refractivity contribution in [2.45, 2.75) is 6.10 Å². The summed E-state index contributed by atoms with van der Waals surface area (Å²) in [6, 6.07) is 17.5. The largest absolute Gasteiger partial charge is 0.497 e. The normalized spacial score (nSPS) is 12.1. The highest BCUT2D eigenvalue weighted by Gasteiger charge is 2.10. The van der Waals surface area contributed by atoms with Gasteiger partial charge in [0, 0.05) is 29.2 Å². The molecule has 0 aliphatic rings. The van der Waals surface area contributed by atoms with Gasteiger partial charge < -0.3 is 20.3 Å². The van der Waals surface area contributed by atoms with Crippen molar-refractivity contribution in [3.8, 4) is 17.0 Å². The van der Waals surface area contributed by atoms with Crippen LogP contribution in [-0.4, -0.2) is 41.6 Å². The number of pyridine rings is 1. The van der Waals surface area contributed by atoms with Gasteiger partial charge in [-0.15, -0.1) is 0 Å². The van der Waals surface area contributed by atoms with E-state index in [1.54, 1.807) is 7.11 Å². The van der Waals surface area contributed by atoms with Crippen LogP contribution in [0.3, 0.4) is 0 Å². The van der Waals surface area contributed by atoms with Gasteiger partial charge in [0.15, 0.2) is 0 Å². The van der Waals surface area contributed by atoms with Crippen molar-refractivity contribution >= 4 is 16.6 Å². The molecule has 0 bridgehead atoms. The summed E-state index contributed by atoms with van der Waals surface area (Å²) in [5.41, 5.74) is 3.50. The fraction of sp³-hybridized carbons (Fsp3) is 0.211. The summed E-state index contributed by atoms with van der Waals surface area (Å²) < 4.78 is 5.29. The third-order valence-electron chi connectivity index (χ3n) is 3.83. The fourth-order valence-electron chi connectivity index (χ4n) is 2.53. The van der Waals surface area contributed by atoms with Crippen LogP contribution < -0.4 is 10.1 Å². The maximum absolute atomic E-state index is 9.61. The quantitative estimate of drug-likeness (QED) is 0.650. The lowest BCUT2D eigenvalue weighted by Crippen LogP contribution is -2.23. The number of hydrogen-bond acceptors (Lipinski definition) is 5.